The average Bonchev–Trinajstić information content (AvgIpc) is 3.25. The van der Waals surface area contributed by atoms with Crippen LogP contribution >= 0.6 is 0 Å². The van der Waals surface area contributed by atoms with Gasteiger partial charge in [-0.15, -0.1) is 0 Å². The lowest BCUT2D eigenvalue weighted by Crippen LogP contribution is -2.14. The highest BCUT2D eigenvalue weighted by Gasteiger charge is 2.21. The molecule has 0 saturated heterocycles. The van der Waals surface area contributed by atoms with Gasteiger partial charge in [0.2, 0.25) is 0 Å². The van der Waals surface area contributed by atoms with E-state index in [0.717, 1.165) is 17.5 Å². The Labute approximate surface area is 156 Å². The Bertz CT molecular complexity index is 1040. The van der Waals surface area contributed by atoms with Crippen molar-refractivity contribution in [1.29, 1.82) is 0 Å². The van der Waals surface area contributed by atoms with Gasteiger partial charge in [0.25, 0.3) is 0 Å². The van der Waals surface area contributed by atoms with E-state index in [-0.39, 0.29) is 30.3 Å². The summed E-state index contributed by atoms with van der Waals surface area (Å²) in [5.74, 6) is -0.274. The van der Waals surface area contributed by atoms with Crippen LogP contribution in [0.15, 0.2) is 52.9 Å². The molecule has 0 aliphatic heterocycles. The van der Waals surface area contributed by atoms with Crippen LogP contribution in [0.3, 0.4) is 0 Å². The summed E-state index contributed by atoms with van der Waals surface area (Å²) in [7, 11) is 0. The minimum Gasteiger partial charge on any atom is -0.463 e. The van der Waals surface area contributed by atoms with E-state index in [2.05, 4.69) is 12.1 Å². The molecule has 0 atom stereocenters. The number of benzene rings is 2. The minimum absolute atomic E-state index is 0.217. The van der Waals surface area contributed by atoms with E-state index in [0.29, 0.717) is 11.3 Å². The topological polar surface area (TPSA) is 76.7 Å². The number of hydrogen-bond donors (Lipinski definition) is 1. The highest BCUT2D eigenvalue weighted by atomic mass is 16.5. The van der Waals surface area contributed by atoms with Gasteiger partial charge in [-0.05, 0) is 47.7 Å². The fourth-order valence-corrected chi connectivity index (χ4v) is 3.41. The Balaban J connectivity index is 1.48. The summed E-state index contributed by atoms with van der Waals surface area (Å²) < 4.78 is 10.4. The van der Waals surface area contributed by atoms with Crippen LogP contribution in [0.5, 0.6) is 0 Å². The number of aliphatic hydroxyl groups excluding tert-OH is 1. The standard InChI is InChI=1S/C22H18O5/c1-13-19(10-17(11-23)27-13)22(25)26-12-21(24)16-7-6-15-8-14-4-2-3-5-18(14)20(15)9-16/h2-7,9-10,23H,8,11-12H2,1H3. The Morgan fingerprint density at radius 2 is 1.85 bits per heavy atom. The zero-order chi connectivity index (χ0) is 19.0. The summed E-state index contributed by atoms with van der Waals surface area (Å²) in [6.07, 6.45) is 0.863. The molecular weight excluding hydrogens is 344 g/mol. The molecule has 5 heteroatoms. The molecule has 4 rings (SSSR count). The number of carbonyl (C=O) groups excluding carboxylic acids is 2. The third-order valence-electron chi connectivity index (χ3n) is 4.80. The van der Waals surface area contributed by atoms with Crippen LogP contribution in [0.2, 0.25) is 0 Å². The highest BCUT2D eigenvalue weighted by Crippen LogP contribution is 2.36. The lowest BCUT2D eigenvalue weighted by molar-refractivity contribution is 0.0473. The Morgan fingerprint density at radius 1 is 1.07 bits per heavy atom. The fraction of sp³-hybridized carbons (Fsp3) is 0.182. The lowest BCUT2D eigenvalue weighted by atomic mass is 10.0. The fourth-order valence-electron chi connectivity index (χ4n) is 3.41. The monoisotopic (exact) mass is 362 g/mol. The third kappa shape index (κ3) is 3.17. The normalized spacial score (nSPS) is 11.8. The first-order valence-corrected chi connectivity index (χ1v) is 8.68. The highest BCUT2D eigenvalue weighted by molar-refractivity contribution is 6.01. The van der Waals surface area contributed by atoms with E-state index in [1.807, 2.05) is 24.3 Å². The number of carbonyl (C=O) groups is 2. The second-order valence-corrected chi connectivity index (χ2v) is 6.55. The average molecular weight is 362 g/mol. The predicted octanol–water partition coefficient (Wildman–Crippen LogP) is 3.69. The summed E-state index contributed by atoms with van der Waals surface area (Å²) in [4.78, 5) is 24.7. The number of aryl methyl sites for hydroxylation is 1. The SMILES string of the molecule is Cc1oc(CO)cc1C(=O)OCC(=O)c1ccc2c(c1)-c1ccccc1C2. The largest absolute Gasteiger partial charge is 0.463 e. The first kappa shape index (κ1) is 17.2. The first-order valence-electron chi connectivity index (χ1n) is 8.68. The number of Topliss-reactive ketones (excluding diaryl/α,β-unsaturated/α-hetero) is 1. The van der Waals surface area contributed by atoms with E-state index >= 15 is 0 Å². The Kier molecular flexibility index (Phi) is 4.38. The number of furan rings is 1. The van der Waals surface area contributed by atoms with E-state index in [4.69, 9.17) is 14.3 Å². The number of hydrogen-bond acceptors (Lipinski definition) is 5. The van der Waals surface area contributed by atoms with Gasteiger partial charge in [0.15, 0.2) is 12.4 Å². The Morgan fingerprint density at radius 3 is 2.63 bits per heavy atom. The van der Waals surface area contributed by atoms with Crippen molar-refractivity contribution in [2.24, 2.45) is 0 Å². The molecule has 1 N–H and O–H groups in total. The maximum atomic E-state index is 12.5. The summed E-state index contributed by atoms with van der Waals surface area (Å²) >= 11 is 0. The second-order valence-electron chi connectivity index (χ2n) is 6.55. The lowest BCUT2D eigenvalue weighted by Gasteiger charge is -2.06. The number of rotatable bonds is 5. The minimum atomic E-state index is -0.643. The molecule has 1 aliphatic rings. The van der Waals surface area contributed by atoms with E-state index < -0.39 is 5.97 Å². The summed E-state index contributed by atoms with van der Waals surface area (Å²) in [5, 5.41) is 9.07. The zero-order valence-corrected chi connectivity index (χ0v) is 14.8. The maximum Gasteiger partial charge on any atom is 0.342 e. The summed E-state index contributed by atoms with van der Waals surface area (Å²) in [6, 6.07) is 15.2. The van der Waals surface area contributed by atoms with Gasteiger partial charge in [-0.3, -0.25) is 4.79 Å². The number of aliphatic hydroxyl groups is 1. The zero-order valence-electron chi connectivity index (χ0n) is 14.8. The smallest absolute Gasteiger partial charge is 0.342 e. The molecule has 1 heterocycles. The first-order chi connectivity index (χ1) is 13.1. The third-order valence-corrected chi connectivity index (χ3v) is 4.80. The molecule has 0 spiro atoms. The maximum absolute atomic E-state index is 12.5. The van der Waals surface area contributed by atoms with Gasteiger partial charge >= 0.3 is 5.97 Å². The van der Waals surface area contributed by atoms with Crippen molar-refractivity contribution < 1.29 is 23.8 Å². The number of esters is 1. The van der Waals surface area contributed by atoms with Crippen LogP contribution in [0.25, 0.3) is 11.1 Å². The van der Waals surface area contributed by atoms with Gasteiger partial charge < -0.3 is 14.3 Å². The van der Waals surface area contributed by atoms with Crippen LogP contribution in [-0.2, 0) is 17.8 Å². The van der Waals surface area contributed by atoms with Gasteiger partial charge in [0.1, 0.15) is 23.7 Å². The molecule has 1 aromatic heterocycles. The van der Waals surface area contributed by atoms with Gasteiger partial charge in [0.05, 0.1) is 0 Å². The molecule has 1 aliphatic carbocycles. The van der Waals surface area contributed by atoms with Gasteiger partial charge in [-0.1, -0.05) is 36.4 Å². The number of ketones is 1. The van der Waals surface area contributed by atoms with Crippen molar-refractivity contribution in [2.45, 2.75) is 20.0 Å². The van der Waals surface area contributed by atoms with Crippen molar-refractivity contribution in [3.05, 3.63) is 82.3 Å². The molecule has 136 valence electrons. The molecule has 0 radical (unpaired) electrons. The van der Waals surface area contributed by atoms with Crippen molar-refractivity contribution in [2.75, 3.05) is 6.61 Å². The summed E-state index contributed by atoms with van der Waals surface area (Å²) in [6.45, 7) is 0.956. The summed E-state index contributed by atoms with van der Waals surface area (Å²) in [5.41, 5.74) is 5.37. The second kappa shape index (κ2) is 6.85. The van der Waals surface area contributed by atoms with Gasteiger partial charge in [-0.25, -0.2) is 4.79 Å². The molecule has 3 aromatic rings. The van der Waals surface area contributed by atoms with E-state index in [1.165, 1.54) is 17.2 Å². The molecular formula is C22H18O5. The number of ether oxygens (including phenoxy) is 1. The predicted molar refractivity (Wildman–Crippen MR) is 98.7 cm³/mol. The molecule has 0 unspecified atom stereocenters. The van der Waals surface area contributed by atoms with Gasteiger partial charge in [-0.2, -0.15) is 0 Å². The van der Waals surface area contributed by atoms with Crippen LogP contribution < -0.4 is 0 Å². The van der Waals surface area contributed by atoms with Crippen LogP contribution in [0.1, 0.15) is 43.4 Å². The van der Waals surface area contributed by atoms with Crippen LogP contribution in [0.4, 0.5) is 0 Å². The Hall–Kier alpha value is -3.18. The quantitative estimate of drug-likeness (QED) is 0.433. The van der Waals surface area contributed by atoms with E-state index in [9.17, 15) is 9.59 Å². The van der Waals surface area contributed by atoms with Gasteiger partial charge in [0, 0.05) is 5.56 Å². The molecule has 2 aromatic carbocycles. The van der Waals surface area contributed by atoms with Crippen LogP contribution in [0, 0.1) is 6.92 Å². The molecule has 0 amide bonds. The van der Waals surface area contributed by atoms with Crippen molar-refractivity contribution >= 4 is 11.8 Å². The molecule has 27 heavy (non-hydrogen) atoms. The number of fused-ring (bicyclic) bond motifs is 3. The van der Waals surface area contributed by atoms with Crippen molar-refractivity contribution in [1.82, 2.24) is 0 Å². The van der Waals surface area contributed by atoms with E-state index in [1.54, 1.807) is 13.0 Å². The van der Waals surface area contributed by atoms with Crippen molar-refractivity contribution in [3.8, 4) is 11.1 Å². The van der Waals surface area contributed by atoms with Crippen LogP contribution in [-0.4, -0.2) is 23.5 Å². The van der Waals surface area contributed by atoms with Crippen molar-refractivity contribution in [3.63, 3.8) is 0 Å². The molecule has 5 nitrogen and oxygen atoms in total. The molecule has 0 bridgehead atoms. The molecule has 0 fully saturated rings. The molecule has 0 saturated carbocycles.